The maximum atomic E-state index is 13.6. The molecule has 1 unspecified atom stereocenters. The Bertz CT molecular complexity index is 590. The van der Waals surface area contributed by atoms with Gasteiger partial charge in [-0.1, -0.05) is 18.7 Å². The van der Waals surface area contributed by atoms with Gasteiger partial charge in [0.1, 0.15) is 16.7 Å². The summed E-state index contributed by atoms with van der Waals surface area (Å²) < 4.78 is 26.8. The minimum atomic E-state index is -0.453. The quantitative estimate of drug-likeness (QED) is 0.895. The number of nitrogens with zero attached hydrogens (tertiary/aromatic N) is 1. The van der Waals surface area contributed by atoms with Crippen LogP contribution in [0.3, 0.4) is 0 Å². The van der Waals surface area contributed by atoms with Gasteiger partial charge < -0.3 is 5.32 Å². The Kier molecular flexibility index (Phi) is 5.09. The van der Waals surface area contributed by atoms with Gasteiger partial charge >= 0.3 is 0 Å². The molecule has 0 amide bonds. The molecule has 0 fully saturated rings. The molecule has 5 heteroatoms. The van der Waals surface area contributed by atoms with E-state index in [1.54, 1.807) is 6.20 Å². The van der Waals surface area contributed by atoms with Gasteiger partial charge in [-0.3, -0.25) is 0 Å². The smallest absolute Gasteiger partial charge is 0.137 e. The number of hydrogen-bond donors (Lipinski definition) is 1. The lowest BCUT2D eigenvalue weighted by Gasteiger charge is -2.13. The summed E-state index contributed by atoms with van der Waals surface area (Å²) in [7, 11) is 0. The summed E-state index contributed by atoms with van der Waals surface area (Å²) in [6, 6.07) is 7.42. The third-order valence-corrected chi connectivity index (χ3v) is 3.84. The standard InChI is InChI=1S/C15H16F2N2S/c1-3-18-10(2)11-6-7-19-15(8-11)20-14-9-12(16)4-5-13(14)17/h4-10,18H,3H2,1-2H3. The second-order valence-corrected chi connectivity index (χ2v) is 5.45. The van der Waals surface area contributed by atoms with E-state index in [0.717, 1.165) is 36.0 Å². The monoisotopic (exact) mass is 294 g/mol. The van der Waals surface area contributed by atoms with Crippen molar-refractivity contribution in [3.63, 3.8) is 0 Å². The van der Waals surface area contributed by atoms with Crippen LogP contribution in [0.2, 0.25) is 0 Å². The molecule has 1 aromatic carbocycles. The first-order valence-corrected chi connectivity index (χ1v) is 7.24. The van der Waals surface area contributed by atoms with Gasteiger partial charge in [-0.15, -0.1) is 0 Å². The van der Waals surface area contributed by atoms with E-state index in [1.165, 1.54) is 6.07 Å². The van der Waals surface area contributed by atoms with Gasteiger partial charge in [-0.25, -0.2) is 13.8 Å². The zero-order chi connectivity index (χ0) is 14.5. The van der Waals surface area contributed by atoms with Crippen LogP contribution < -0.4 is 5.32 Å². The van der Waals surface area contributed by atoms with Gasteiger partial charge in [0.15, 0.2) is 0 Å². The summed E-state index contributed by atoms with van der Waals surface area (Å²) in [5.41, 5.74) is 1.07. The van der Waals surface area contributed by atoms with Crippen molar-refractivity contribution in [2.45, 2.75) is 29.8 Å². The average molecular weight is 294 g/mol. The number of nitrogens with one attached hydrogen (secondary N) is 1. The molecule has 1 heterocycles. The van der Waals surface area contributed by atoms with Gasteiger partial charge in [0.05, 0.1) is 4.90 Å². The van der Waals surface area contributed by atoms with Crippen molar-refractivity contribution in [2.75, 3.05) is 6.54 Å². The van der Waals surface area contributed by atoms with Crippen molar-refractivity contribution in [2.24, 2.45) is 0 Å². The topological polar surface area (TPSA) is 24.9 Å². The van der Waals surface area contributed by atoms with Crippen molar-refractivity contribution >= 4 is 11.8 Å². The molecule has 0 aliphatic heterocycles. The van der Waals surface area contributed by atoms with Crippen molar-refractivity contribution in [1.82, 2.24) is 10.3 Å². The van der Waals surface area contributed by atoms with Gasteiger partial charge in [-0.05, 0) is 49.4 Å². The molecule has 0 aliphatic carbocycles. The zero-order valence-corrected chi connectivity index (χ0v) is 12.2. The lowest BCUT2D eigenvalue weighted by Crippen LogP contribution is -2.17. The first-order chi connectivity index (χ1) is 9.60. The molecule has 0 saturated heterocycles. The second-order valence-electron chi connectivity index (χ2n) is 4.38. The van der Waals surface area contributed by atoms with E-state index in [-0.39, 0.29) is 10.9 Å². The Hall–Kier alpha value is -1.46. The van der Waals surface area contributed by atoms with Crippen LogP contribution in [-0.2, 0) is 0 Å². The number of pyridine rings is 1. The maximum absolute atomic E-state index is 13.6. The van der Waals surface area contributed by atoms with E-state index in [0.29, 0.717) is 5.03 Å². The fourth-order valence-electron chi connectivity index (χ4n) is 1.84. The molecule has 2 rings (SSSR count). The fourth-order valence-corrected chi connectivity index (χ4v) is 2.71. The van der Waals surface area contributed by atoms with Crippen LogP contribution in [0, 0.1) is 11.6 Å². The van der Waals surface area contributed by atoms with Crippen molar-refractivity contribution in [3.8, 4) is 0 Å². The highest BCUT2D eigenvalue weighted by Gasteiger charge is 2.09. The number of rotatable bonds is 5. The largest absolute Gasteiger partial charge is 0.310 e. The van der Waals surface area contributed by atoms with Gasteiger partial charge in [-0.2, -0.15) is 0 Å². The molecule has 0 spiro atoms. The minimum absolute atomic E-state index is 0.194. The molecule has 2 aromatic rings. The molecule has 2 nitrogen and oxygen atoms in total. The van der Waals surface area contributed by atoms with Gasteiger partial charge in [0.25, 0.3) is 0 Å². The number of hydrogen-bond acceptors (Lipinski definition) is 3. The van der Waals surface area contributed by atoms with E-state index in [1.807, 2.05) is 19.1 Å². The zero-order valence-electron chi connectivity index (χ0n) is 11.4. The summed E-state index contributed by atoms with van der Waals surface area (Å²) in [6.45, 7) is 4.95. The number of aromatic nitrogens is 1. The summed E-state index contributed by atoms with van der Waals surface area (Å²) >= 11 is 1.12. The highest BCUT2D eigenvalue weighted by molar-refractivity contribution is 7.99. The summed E-state index contributed by atoms with van der Waals surface area (Å²) in [4.78, 5) is 4.44. The molecule has 1 aromatic heterocycles. The Morgan fingerprint density at radius 2 is 2.05 bits per heavy atom. The van der Waals surface area contributed by atoms with Crippen molar-refractivity contribution in [3.05, 3.63) is 53.7 Å². The van der Waals surface area contributed by atoms with Crippen LogP contribution in [0.15, 0.2) is 46.5 Å². The Morgan fingerprint density at radius 1 is 1.25 bits per heavy atom. The molecule has 106 valence electrons. The predicted molar refractivity (Wildman–Crippen MR) is 76.8 cm³/mol. The first kappa shape index (κ1) is 14.9. The van der Waals surface area contributed by atoms with Crippen LogP contribution in [0.5, 0.6) is 0 Å². The third-order valence-electron chi connectivity index (χ3n) is 2.88. The number of benzene rings is 1. The molecule has 1 N–H and O–H groups in total. The Morgan fingerprint density at radius 3 is 2.80 bits per heavy atom. The van der Waals surface area contributed by atoms with Crippen LogP contribution in [0.4, 0.5) is 8.78 Å². The molecule has 0 saturated carbocycles. The molecule has 1 atom stereocenters. The lowest BCUT2D eigenvalue weighted by molar-refractivity contribution is 0.577. The Labute approximate surface area is 121 Å². The summed E-state index contributed by atoms with van der Waals surface area (Å²) in [5, 5.41) is 3.95. The van der Waals surface area contributed by atoms with Gasteiger partial charge in [0, 0.05) is 12.2 Å². The highest BCUT2D eigenvalue weighted by Crippen LogP contribution is 2.30. The number of halogens is 2. The molecular weight excluding hydrogens is 278 g/mol. The minimum Gasteiger partial charge on any atom is -0.310 e. The third kappa shape index (κ3) is 3.77. The summed E-state index contributed by atoms with van der Waals surface area (Å²) in [6.07, 6.45) is 1.68. The average Bonchev–Trinajstić information content (AvgIpc) is 2.43. The maximum Gasteiger partial charge on any atom is 0.137 e. The normalized spacial score (nSPS) is 12.4. The molecular formula is C15H16F2N2S. The van der Waals surface area contributed by atoms with E-state index in [9.17, 15) is 8.78 Å². The van der Waals surface area contributed by atoms with Crippen molar-refractivity contribution < 1.29 is 8.78 Å². The Balaban J connectivity index is 2.21. The van der Waals surface area contributed by atoms with E-state index < -0.39 is 11.6 Å². The van der Waals surface area contributed by atoms with E-state index in [2.05, 4.69) is 17.2 Å². The van der Waals surface area contributed by atoms with E-state index >= 15 is 0 Å². The SMILES string of the molecule is CCNC(C)c1ccnc(Sc2cc(F)ccc2F)c1. The molecule has 20 heavy (non-hydrogen) atoms. The first-order valence-electron chi connectivity index (χ1n) is 6.42. The highest BCUT2D eigenvalue weighted by atomic mass is 32.2. The molecule has 0 aliphatic rings. The predicted octanol–water partition coefficient (Wildman–Crippen LogP) is 4.18. The molecule has 0 bridgehead atoms. The van der Waals surface area contributed by atoms with Gasteiger partial charge in [0.2, 0.25) is 0 Å². The van der Waals surface area contributed by atoms with Crippen LogP contribution >= 0.6 is 11.8 Å². The fraction of sp³-hybridized carbons (Fsp3) is 0.267. The second kappa shape index (κ2) is 6.81. The summed E-state index contributed by atoms with van der Waals surface area (Å²) in [5.74, 6) is -0.894. The van der Waals surface area contributed by atoms with Crippen LogP contribution in [0.1, 0.15) is 25.5 Å². The van der Waals surface area contributed by atoms with Crippen molar-refractivity contribution in [1.29, 1.82) is 0 Å². The molecule has 0 radical (unpaired) electrons. The van der Waals surface area contributed by atoms with Crippen LogP contribution in [0.25, 0.3) is 0 Å². The van der Waals surface area contributed by atoms with E-state index in [4.69, 9.17) is 0 Å². The van der Waals surface area contributed by atoms with Crippen LogP contribution in [-0.4, -0.2) is 11.5 Å². The lowest BCUT2D eigenvalue weighted by atomic mass is 10.1.